The van der Waals surface area contributed by atoms with E-state index in [0.29, 0.717) is 43.2 Å². The third kappa shape index (κ3) is 19.0. The minimum absolute atomic E-state index is 0.0495. The first-order valence-electron chi connectivity index (χ1n) is 19.7. The van der Waals surface area contributed by atoms with E-state index in [4.69, 9.17) is 10.9 Å². The van der Waals surface area contributed by atoms with E-state index in [1.807, 2.05) is 31.9 Å². The van der Waals surface area contributed by atoms with Gasteiger partial charge in [-0.15, -0.1) is 0 Å². The molecule has 12 N–H and O–H groups in total. The molecule has 0 saturated carbocycles. The van der Waals surface area contributed by atoms with Gasteiger partial charge in [-0.2, -0.15) is 23.5 Å². The lowest BCUT2D eigenvalue weighted by atomic mass is 9.93. The van der Waals surface area contributed by atoms with Crippen LogP contribution in [-0.2, 0) is 38.4 Å². The number of unbranched alkanes of at least 4 members (excludes halogenated alkanes) is 2. The predicted octanol–water partition coefficient (Wildman–Crippen LogP) is -1.50. The van der Waals surface area contributed by atoms with Gasteiger partial charge in [0.2, 0.25) is 47.3 Å². The molecule has 2 fully saturated rings. The van der Waals surface area contributed by atoms with Crippen LogP contribution in [0, 0.1) is 11.8 Å². The van der Waals surface area contributed by atoms with E-state index in [1.54, 1.807) is 0 Å². The molecule has 2 aliphatic heterocycles. The Balaban J connectivity index is 1.67. The molecule has 2 aliphatic rings. The van der Waals surface area contributed by atoms with Crippen LogP contribution in [0.25, 0.3) is 0 Å². The molecule has 0 aliphatic carbocycles. The van der Waals surface area contributed by atoms with Gasteiger partial charge in [-0.05, 0) is 69.8 Å². The summed E-state index contributed by atoms with van der Waals surface area (Å²) >= 11 is 3.26. The molecule has 0 aromatic carbocycles. The molecule has 0 spiro atoms. The van der Waals surface area contributed by atoms with Crippen molar-refractivity contribution in [1.29, 1.82) is 0 Å². The van der Waals surface area contributed by atoms with Gasteiger partial charge < -0.3 is 48.3 Å². The molecular weight excluding hydrogens is 797 g/mol. The fraction of sp³-hybridized carbons (Fsp3) is 0.750. The maximum atomic E-state index is 13.0. The monoisotopic (exact) mass is 858 g/mol. The summed E-state index contributed by atoms with van der Waals surface area (Å²) in [5.41, 5.74) is 6.97. The molecule has 22 heteroatoms. The maximum Gasteiger partial charge on any atom is 0.315 e. The van der Waals surface area contributed by atoms with Crippen molar-refractivity contribution in [3.8, 4) is 0 Å². The summed E-state index contributed by atoms with van der Waals surface area (Å²) in [4.78, 5) is 111. The van der Waals surface area contributed by atoms with Crippen LogP contribution in [-0.4, -0.2) is 131 Å². The Hall–Kier alpha value is -4.31. The van der Waals surface area contributed by atoms with Gasteiger partial charge in [0.1, 0.15) is 18.1 Å². The molecule has 20 nitrogen and oxygen atoms in total. The first kappa shape index (κ1) is 49.8. The highest BCUT2D eigenvalue weighted by Crippen LogP contribution is 2.33. The van der Waals surface area contributed by atoms with Crippen molar-refractivity contribution in [2.75, 3.05) is 37.4 Å². The Labute approximate surface area is 347 Å². The number of nitrogens with two attached hydrogens (primary N) is 1. The van der Waals surface area contributed by atoms with Gasteiger partial charge in [-0.3, -0.25) is 43.6 Å². The van der Waals surface area contributed by atoms with Crippen molar-refractivity contribution in [3.05, 3.63) is 0 Å². The number of primary amides is 1. The van der Waals surface area contributed by atoms with Crippen molar-refractivity contribution in [3.63, 3.8) is 0 Å². The number of hydroxylamine groups is 1. The zero-order valence-corrected chi connectivity index (χ0v) is 35.4. The SMILES string of the molecule is CSCC[C@H](NC(=O)[C@H](C)NC(=O)C(CC(=O)NO)CC(C)C)C(=O)NCC(=O)NCC(=O)N[C@@H](CCCCNC(=O)CCCC[C@@H]1SC[C@@H]2NC(=O)N[C@@H]21)C(N)=O. The minimum Gasteiger partial charge on any atom is -0.368 e. The van der Waals surface area contributed by atoms with E-state index in [9.17, 15) is 43.2 Å². The lowest BCUT2D eigenvalue weighted by Crippen LogP contribution is -2.54. The highest BCUT2D eigenvalue weighted by atomic mass is 32.2. The van der Waals surface area contributed by atoms with E-state index in [1.165, 1.54) is 24.2 Å². The molecule has 7 atom stereocenters. The number of nitrogens with one attached hydrogen (secondary N) is 9. The molecule has 58 heavy (non-hydrogen) atoms. The van der Waals surface area contributed by atoms with E-state index >= 15 is 0 Å². The fourth-order valence-corrected chi connectivity index (χ4v) is 8.46. The van der Waals surface area contributed by atoms with Crippen LogP contribution in [0.1, 0.15) is 85.0 Å². The number of hydrogen-bond acceptors (Lipinski definition) is 12. The quantitative estimate of drug-likeness (QED) is 0.0186. The summed E-state index contributed by atoms with van der Waals surface area (Å²) in [6.45, 7) is 4.52. The lowest BCUT2D eigenvalue weighted by molar-refractivity contribution is -0.137. The first-order chi connectivity index (χ1) is 27.5. The molecule has 0 radical (unpaired) electrons. The van der Waals surface area contributed by atoms with Gasteiger partial charge in [-0.25, -0.2) is 10.3 Å². The number of fused-ring (bicyclic) bond motifs is 1. The summed E-state index contributed by atoms with van der Waals surface area (Å²) in [6.07, 6.45) is 6.23. The topological polar surface area (TPSA) is 308 Å². The molecule has 0 bridgehead atoms. The number of carbonyl (C=O) groups is 9. The summed E-state index contributed by atoms with van der Waals surface area (Å²) < 4.78 is 0. The van der Waals surface area contributed by atoms with Crippen molar-refractivity contribution in [2.45, 2.75) is 120 Å². The second kappa shape index (κ2) is 26.6. The van der Waals surface area contributed by atoms with Crippen molar-refractivity contribution in [1.82, 2.24) is 48.0 Å². The van der Waals surface area contributed by atoms with E-state index in [2.05, 4.69) is 42.5 Å². The smallest absolute Gasteiger partial charge is 0.315 e. The molecule has 328 valence electrons. The number of carbonyl (C=O) groups excluding carboxylic acids is 9. The third-order valence-corrected chi connectivity index (χ3v) is 11.7. The first-order valence-corrected chi connectivity index (χ1v) is 22.1. The van der Waals surface area contributed by atoms with E-state index < -0.39 is 78.5 Å². The molecular formula is C36H62N10O10S2. The second-order valence-electron chi connectivity index (χ2n) is 14.9. The van der Waals surface area contributed by atoms with Crippen molar-refractivity contribution >= 4 is 76.8 Å². The summed E-state index contributed by atoms with van der Waals surface area (Å²) in [7, 11) is 0. The number of amides is 10. The Bertz CT molecular complexity index is 1440. The predicted molar refractivity (Wildman–Crippen MR) is 218 cm³/mol. The Morgan fingerprint density at radius 3 is 2.21 bits per heavy atom. The van der Waals surface area contributed by atoms with Gasteiger partial charge >= 0.3 is 6.03 Å². The molecule has 2 rings (SSSR count). The highest BCUT2D eigenvalue weighted by Gasteiger charge is 2.42. The van der Waals surface area contributed by atoms with Crippen LogP contribution in [0.15, 0.2) is 0 Å². The molecule has 1 unspecified atom stereocenters. The molecule has 2 saturated heterocycles. The average molecular weight is 859 g/mol. The standard InChI is InChI=1S/C36H62N10O10S2/c1-20(2)15-22(16-28(48)46-56)34(53)41-21(3)33(52)43-24(12-14-57-4)35(54)40-17-29(49)39-18-30(50)42-23(32(37)51)9-7-8-13-38-27(47)11-6-5-10-26-31-25(19-58-26)44-36(55)45-31/h20-26,31,56H,5-19H2,1-4H3,(H2,37,51)(H,38,47)(H,39,49)(H,40,54)(H,41,53)(H,42,50)(H,43,52)(H,46,48)(H2,44,45,55)/t21-,22?,23-,24-,25-,26-,31-/m0/s1. The average Bonchev–Trinajstić information content (AvgIpc) is 3.73. The Morgan fingerprint density at radius 2 is 1.53 bits per heavy atom. The van der Waals surface area contributed by atoms with Crippen LogP contribution < -0.4 is 53.7 Å². The molecule has 2 heterocycles. The highest BCUT2D eigenvalue weighted by molar-refractivity contribution is 8.00. The second-order valence-corrected chi connectivity index (χ2v) is 17.1. The van der Waals surface area contributed by atoms with Crippen LogP contribution >= 0.6 is 23.5 Å². The van der Waals surface area contributed by atoms with Crippen LogP contribution in [0.2, 0.25) is 0 Å². The molecule has 10 amide bonds. The molecule has 0 aromatic rings. The van der Waals surface area contributed by atoms with Gasteiger partial charge in [0.05, 0.1) is 25.2 Å². The van der Waals surface area contributed by atoms with Crippen LogP contribution in [0.5, 0.6) is 0 Å². The van der Waals surface area contributed by atoms with Gasteiger partial charge in [-0.1, -0.05) is 20.3 Å². The zero-order chi connectivity index (χ0) is 43.2. The van der Waals surface area contributed by atoms with E-state index in [-0.39, 0.29) is 49.2 Å². The van der Waals surface area contributed by atoms with Crippen LogP contribution in [0.4, 0.5) is 4.79 Å². The van der Waals surface area contributed by atoms with Crippen molar-refractivity contribution in [2.24, 2.45) is 17.6 Å². The zero-order valence-electron chi connectivity index (χ0n) is 33.7. The maximum absolute atomic E-state index is 13.0. The number of urea groups is 1. The number of hydrogen-bond donors (Lipinski definition) is 11. The number of thioether (sulfide) groups is 2. The van der Waals surface area contributed by atoms with Gasteiger partial charge in [0, 0.05) is 36.3 Å². The summed E-state index contributed by atoms with van der Waals surface area (Å²) in [5, 5.41) is 30.3. The fourth-order valence-electron chi connectivity index (χ4n) is 6.45. The van der Waals surface area contributed by atoms with Crippen LogP contribution in [0.3, 0.4) is 0 Å². The summed E-state index contributed by atoms with van der Waals surface area (Å²) in [6, 6.07) is -2.93. The normalized spacial score (nSPS) is 18.9. The minimum atomic E-state index is -1.07. The number of rotatable bonds is 28. The third-order valence-electron chi connectivity index (χ3n) is 9.55. The summed E-state index contributed by atoms with van der Waals surface area (Å²) in [5.74, 6) is -4.24. The largest absolute Gasteiger partial charge is 0.368 e. The Morgan fingerprint density at radius 1 is 0.810 bits per heavy atom. The van der Waals surface area contributed by atoms with Gasteiger partial charge in [0.15, 0.2) is 0 Å². The lowest BCUT2D eigenvalue weighted by Gasteiger charge is -2.23. The van der Waals surface area contributed by atoms with Gasteiger partial charge in [0.25, 0.3) is 0 Å². The Kier molecular flexibility index (Phi) is 22.9. The van der Waals surface area contributed by atoms with E-state index in [0.717, 1.165) is 25.0 Å². The molecule has 0 aromatic heterocycles. The van der Waals surface area contributed by atoms with Crippen molar-refractivity contribution < 1.29 is 48.4 Å².